The molecule has 0 aliphatic rings. The van der Waals surface area contributed by atoms with Gasteiger partial charge >= 0.3 is 0 Å². The third-order valence-corrected chi connectivity index (χ3v) is 2.93. The summed E-state index contributed by atoms with van der Waals surface area (Å²) >= 11 is 3.36. The Morgan fingerprint density at radius 3 is 2.72 bits per heavy atom. The molecule has 2 aromatic rings. The van der Waals surface area contributed by atoms with Gasteiger partial charge in [-0.2, -0.15) is 0 Å². The molecular weight excluding hydrogens is 297 g/mol. The normalized spacial score (nSPS) is 10.4. The maximum atomic E-state index is 13.8. The summed E-state index contributed by atoms with van der Waals surface area (Å²) in [6.07, 6.45) is 0. The molecule has 0 saturated carbocycles. The lowest BCUT2D eigenvalue weighted by atomic mass is 10.2. The van der Waals surface area contributed by atoms with Gasteiger partial charge in [-0.25, -0.2) is 4.39 Å². The van der Waals surface area contributed by atoms with Crippen LogP contribution in [0.25, 0.3) is 0 Å². The number of para-hydroxylation sites is 1. The molecule has 18 heavy (non-hydrogen) atoms. The summed E-state index contributed by atoms with van der Waals surface area (Å²) in [5, 5.41) is 2.99. The molecule has 2 rings (SSSR count). The van der Waals surface area contributed by atoms with Gasteiger partial charge in [-0.3, -0.25) is 0 Å². The van der Waals surface area contributed by atoms with E-state index in [1.165, 1.54) is 6.07 Å². The predicted octanol–water partition coefficient (Wildman–Crippen LogP) is 4.10. The molecule has 1 N–H and O–H groups in total. The smallest absolute Gasteiger partial charge is 0.167 e. The van der Waals surface area contributed by atoms with E-state index in [1.54, 1.807) is 18.2 Å². The Labute approximate surface area is 114 Å². The number of ether oxygens (including phenoxy) is 1. The number of benzene rings is 2. The van der Waals surface area contributed by atoms with Crippen molar-refractivity contribution >= 4 is 15.9 Å². The van der Waals surface area contributed by atoms with E-state index >= 15 is 0 Å². The molecule has 0 unspecified atom stereocenters. The molecule has 0 aliphatic carbocycles. The Bertz CT molecular complexity index is 545. The summed E-state index contributed by atoms with van der Waals surface area (Å²) in [6, 6.07) is 12.2. The zero-order valence-electron chi connectivity index (χ0n) is 9.91. The minimum atomic E-state index is -0.359. The van der Waals surface area contributed by atoms with Gasteiger partial charge < -0.3 is 10.1 Å². The van der Waals surface area contributed by atoms with Crippen LogP contribution in [0, 0.1) is 5.82 Å². The van der Waals surface area contributed by atoms with Crippen LogP contribution in [0.1, 0.15) is 5.56 Å². The highest BCUT2D eigenvalue weighted by Gasteiger charge is 2.10. The van der Waals surface area contributed by atoms with E-state index in [-0.39, 0.29) is 11.6 Å². The molecule has 2 nitrogen and oxygen atoms in total. The van der Waals surface area contributed by atoms with E-state index < -0.39 is 0 Å². The molecular formula is C14H13BrFNO. The summed E-state index contributed by atoms with van der Waals surface area (Å²) in [5.74, 6) is 0.513. The Hall–Kier alpha value is -1.39. The Morgan fingerprint density at radius 2 is 2.00 bits per heavy atom. The average Bonchev–Trinajstić information content (AvgIpc) is 2.34. The number of hydrogen-bond donors (Lipinski definition) is 1. The lowest BCUT2D eigenvalue weighted by molar-refractivity contribution is 0.434. The molecule has 0 aromatic heterocycles. The Kier molecular flexibility index (Phi) is 4.33. The van der Waals surface area contributed by atoms with Crippen LogP contribution < -0.4 is 10.1 Å². The first-order valence-electron chi connectivity index (χ1n) is 5.56. The van der Waals surface area contributed by atoms with Gasteiger partial charge in [0.1, 0.15) is 5.75 Å². The first-order valence-corrected chi connectivity index (χ1v) is 6.35. The summed E-state index contributed by atoms with van der Waals surface area (Å²) in [6.45, 7) is 0.557. The lowest BCUT2D eigenvalue weighted by Crippen LogP contribution is -2.07. The van der Waals surface area contributed by atoms with Crippen LogP contribution in [0.3, 0.4) is 0 Å². The first-order chi connectivity index (χ1) is 8.70. The monoisotopic (exact) mass is 309 g/mol. The molecule has 0 atom stereocenters. The second-order valence-electron chi connectivity index (χ2n) is 3.82. The zero-order chi connectivity index (χ0) is 13.0. The highest BCUT2D eigenvalue weighted by Crippen LogP contribution is 2.29. The molecule has 0 saturated heterocycles. The van der Waals surface area contributed by atoms with Gasteiger partial charge in [-0.15, -0.1) is 0 Å². The van der Waals surface area contributed by atoms with Crippen LogP contribution in [-0.4, -0.2) is 7.05 Å². The van der Waals surface area contributed by atoms with Crippen molar-refractivity contribution in [3.63, 3.8) is 0 Å². The summed E-state index contributed by atoms with van der Waals surface area (Å²) < 4.78 is 20.3. The largest absolute Gasteiger partial charge is 0.454 e. The Morgan fingerprint density at radius 1 is 1.22 bits per heavy atom. The second-order valence-corrected chi connectivity index (χ2v) is 4.73. The van der Waals surface area contributed by atoms with E-state index in [9.17, 15) is 4.39 Å². The van der Waals surface area contributed by atoms with Crippen molar-refractivity contribution in [3.8, 4) is 11.5 Å². The highest BCUT2D eigenvalue weighted by atomic mass is 79.9. The predicted molar refractivity (Wildman–Crippen MR) is 73.4 cm³/mol. The van der Waals surface area contributed by atoms with Crippen molar-refractivity contribution in [2.24, 2.45) is 0 Å². The maximum Gasteiger partial charge on any atom is 0.167 e. The Balaban J connectivity index is 2.33. The number of halogens is 2. The molecule has 4 heteroatoms. The van der Waals surface area contributed by atoms with Gasteiger partial charge in [-0.05, 0) is 31.3 Å². The molecule has 0 bridgehead atoms. The van der Waals surface area contributed by atoms with Crippen molar-refractivity contribution in [1.29, 1.82) is 0 Å². The number of rotatable bonds is 4. The maximum absolute atomic E-state index is 13.8. The molecule has 0 aliphatic heterocycles. The van der Waals surface area contributed by atoms with Crippen LogP contribution in [-0.2, 0) is 6.54 Å². The van der Waals surface area contributed by atoms with E-state index in [1.807, 2.05) is 25.2 Å². The second kappa shape index (κ2) is 5.98. The number of hydrogen-bond acceptors (Lipinski definition) is 2. The van der Waals surface area contributed by atoms with Crippen molar-refractivity contribution in [2.75, 3.05) is 7.05 Å². The van der Waals surface area contributed by atoms with Crippen molar-refractivity contribution in [2.45, 2.75) is 6.54 Å². The van der Waals surface area contributed by atoms with Crippen molar-refractivity contribution in [1.82, 2.24) is 5.32 Å². The molecule has 0 radical (unpaired) electrons. The van der Waals surface area contributed by atoms with Gasteiger partial charge in [0, 0.05) is 16.6 Å². The molecule has 0 amide bonds. The lowest BCUT2D eigenvalue weighted by Gasteiger charge is -2.12. The van der Waals surface area contributed by atoms with Crippen molar-refractivity contribution in [3.05, 3.63) is 58.3 Å². The van der Waals surface area contributed by atoms with E-state index in [4.69, 9.17) is 4.74 Å². The van der Waals surface area contributed by atoms with Crippen LogP contribution in [0.5, 0.6) is 11.5 Å². The molecule has 0 fully saturated rings. The average molecular weight is 310 g/mol. The third kappa shape index (κ3) is 3.09. The number of nitrogens with one attached hydrogen (secondary N) is 1. The van der Waals surface area contributed by atoms with Gasteiger partial charge in [0.05, 0.1) is 0 Å². The summed E-state index contributed by atoms with van der Waals surface area (Å²) in [5.41, 5.74) is 0.789. The van der Waals surface area contributed by atoms with Crippen LogP contribution in [0.15, 0.2) is 46.9 Å². The standard InChI is InChI=1S/C14H13BrFNO/c1-17-9-10-4-2-7-13(16)14(10)18-12-6-3-5-11(15)8-12/h2-8,17H,9H2,1H3. The molecule has 0 spiro atoms. The third-order valence-electron chi connectivity index (χ3n) is 2.43. The summed E-state index contributed by atoms with van der Waals surface area (Å²) in [4.78, 5) is 0. The SMILES string of the molecule is CNCc1cccc(F)c1Oc1cccc(Br)c1. The van der Waals surface area contributed by atoms with Crippen molar-refractivity contribution < 1.29 is 9.13 Å². The van der Waals surface area contributed by atoms with Crippen LogP contribution >= 0.6 is 15.9 Å². The molecule has 2 aromatic carbocycles. The minimum Gasteiger partial charge on any atom is -0.454 e. The van der Waals surface area contributed by atoms with Gasteiger partial charge in [0.2, 0.25) is 0 Å². The minimum absolute atomic E-state index is 0.268. The summed E-state index contributed by atoms with van der Waals surface area (Å²) in [7, 11) is 1.81. The van der Waals surface area contributed by atoms with Crippen LogP contribution in [0.4, 0.5) is 4.39 Å². The fraction of sp³-hybridized carbons (Fsp3) is 0.143. The van der Waals surface area contributed by atoms with Gasteiger partial charge in [-0.1, -0.05) is 34.1 Å². The topological polar surface area (TPSA) is 21.3 Å². The van der Waals surface area contributed by atoms with Crippen LogP contribution in [0.2, 0.25) is 0 Å². The quantitative estimate of drug-likeness (QED) is 0.918. The van der Waals surface area contributed by atoms with E-state index in [0.717, 1.165) is 10.0 Å². The fourth-order valence-electron chi connectivity index (χ4n) is 1.65. The van der Waals surface area contributed by atoms with E-state index in [2.05, 4.69) is 21.2 Å². The highest BCUT2D eigenvalue weighted by molar-refractivity contribution is 9.10. The molecule has 94 valence electrons. The van der Waals surface area contributed by atoms with Gasteiger partial charge in [0.15, 0.2) is 11.6 Å². The van der Waals surface area contributed by atoms with Gasteiger partial charge in [0.25, 0.3) is 0 Å². The first kappa shape index (κ1) is 13.1. The van der Waals surface area contributed by atoms with E-state index in [0.29, 0.717) is 12.3 Å². The zero-order valence-corrected chi connectivity index (χ0v) is 11.5. The molecule has 0 heterocycles. The fourth-order valence-corrected chi connectivity index (χ4v) is 2.02.